The monoisotopic (exact) mass is 259 g/mol. The molecule has 2 heteroatoms. The van der Waals surface area contributed by atoms with E-state index in [2.05, 4.69) is 31.2 Å². The first-order valence-electron chi connectivity index (χ1n) is 7.68. The highest BCUT2D eigenvalue weighted by Gasteiger charge is 2.42. The molecule has 0 radical (unpaired) electrons. The van der Waals surface area contributed by atoms with Crippen LogP contribution in [0.1, 0.15) is 45.4 Å². The highest BCUT2D eigenvalue weighted by molar-refractivity contribution is 5.19. The summed E-state index contributed by atoms with van der Waals surface area (Å²) in [6.45, 7) is 2.18. The van der Waals surface area contributed by atoms with Gasteiger partial charge >= 0.3 is 0 Å². The van der Waals surface area contributed by atoms with Gasteiger partial charge in [-0.25, -0.2) is 0 Å². The first-order chi connectivity index (χ1) is 9.26. The van der Waals surface area contributed by atoms with Crippen molar-refractivity contribution in [2.45, 2.75) is 51.6 Å². The normalized spacial score (nSPS) is 33.9. The molecule has 2 aliphatic carbocycles. The van der Waals surface area contributed by atoms with Crippen LogP contribution in [0.2, 0.25) is 0 Å². The van der Waals surface area contributed by atoms with Crippen LogP contribution in [0.4, 0.5) is 0 Å². The van der Waals surface area contributed by atoms with E-state index in [1.807, 2.05) is 6.08 Å². The predicted octanol–water partition coefficient (Wildman–Crippen LogP) is 3.84. The Bertz CT molecular complexity index is 379. The predicted molar refractivity (Wildman–Crippen MR) is 77.2 cm³/mol. The van der Waals surface area contributed by atoms with E-state index in [0.29, 0.717) is 30.1 Å². The first kappa shape index (κ1) is 14.3. The number of nitriles is 1. The van der Waals surface area contributed by atoms with Gasteiger partial charge in [0.1, 0.15) is 0 Å². The third kappa shape index (κ3) is 3.48. The number of allylic oxidation sites excluding steroid dienone is 3. The molecule has 0 heterocycles. The Morgan fingerprint density at radius 3 is 2.89 bits per heavy atom. The van der Waals surface area contributed by atoms with Crippen molar-refractivity contribution in [1.29, 1.82) is 5.26 Å². The average Bonchev–Trinajstić information content (AvgIpc) is 2.99. The summed E-state index contributed by atoms with van der Waals surface area (Å²) in [4.78, 5) is 0. The van der Waals surface area contributed by atoms with Gasteiger partial charge < -0.3 is 5.11 Å². The van der Waals surface area contributed by atoms with Crippen molar-refractivity contribution in [2.75, 3.05) is 0 Å². The molecule has 2 aliphatic rings. The molecule has 0 saturated heterocycles. The average molecular weight is 259 g/mol. The molecule has 2 bridgehead atoms. The number of hydrogen-bond donors (Lipinski definition) is 1. The van der Waals surface area contributed by atoms with Crippen LogP contribution < -0.4 is 0 Å². The van der Waals surface area contributed by atoms with Crippen molar-refractivity contribution in [3.63, 3.8) is 0 Å². The van der Waals surface area contributed by atoms with Crippen molar-refractivity contribution in [3.05, 3.63) is 24.3 Å². The largest absolute Gasteiger partial charge is 0.389 e. The zero-order chi connectivity index (χ0) is 13.7. The van der Waals surface area contributed by atoms with Crippen molar-refractivity contribution < 1.29 is 5.11 Å². The van der Waals surface area contributed by atoms with Crippen LogP contribution in [0.15, 0.2) is 24.3 Å². The van der Waals surface area contributed by atoms with E-state index in [0.717, 1.165) is 12.8 Å². The SMILES string of the molecule is CCCCCC(O)C=CC1C(CC#N)[C@H]2C=C[C@H]1C2. The summed E-state index contributed by atoms with van der Waals surface area (Å²) in [5, 5.41) is 18.9. The molecule has 1 N–H and O–H groups in total. The molecule has 0 aromatic rings. The van der Waals surface area contributed by atoms with E-state index < -0.39 is 0 Å². The molecular weight excluding hydrogens is 234 g/mol. The molecule has 1 fully saturated rings. The lowest BCUT2D eigenvalue weighted by atomic mass is 9.81. The van der Waals surface area contributed by atoms with Gasteiger partial charge in [-0.1, -0.05) is 50.5 Å². The molecule has 0 aliphatic heterocycles. The fraction of sp³-hybridized carbons (Fsp3) is 0.706. The van der Waals surface area contributed by atoms with E-state index in [-0.39, 0.29) is 6.10 Å². The molecule has 104 valence electrons. The topological polar surface area (TPSA) is 44.0 Å². The Labute approximate surface area is 116 Å². The van der Waals surface area contributed by atoms with Crippen LogP contribution in [0, 0.1) is 35.0 Å². The summed E-state index contributed by atoms with van der Waals surface area (Å²) in [6.07, 6.45) is 14.6. The second kappa shape index (κ2) is 6.91. The van der Waals surface area contributed by atoms with Crippen LogP contribution in [-0.2, 0) is 0 Å². The lowest BCUT2D eigenvalue weighted by Crippen LogP contribution is -2.18. The number of hydrogen-bond acceptors (Lipinski definition) is 2. The van der Waals surface area contributed by atoms with E-state index in [1.165, 1.54) is 19.3 Å². The molecule has 5 atom stereocenters. The Balaban J connectivity index is 1.87. The highest BCUT2D eigenvalue weighted by Crippen LogP contribution is 2.49. The van der Waals surface area contributed by atoms with Gasteiger partial charge in [0.2, 0.25) is 0 Å². The van der Waals surface area contributed by atoms with Crippen LogP contribution in [-0.4, -0.2) is 11.2 Å². The second-order valence-electron chi connectivity index (χ2n) is 6.00. The molecular formula is C17H25NO. The molecule has 0 aromatic carbocycles. The third-order valence-corrected chi connectivity index (χ3v) is 4.67. The summed E-state index contributed by atoms with van der Waals surface area (Å²) >= 11 is 0. The van der Waals surface area contributed by atoms with Crippen LogP contribution in [0.25, 0.3) is 0 Å². The van der Waals surface area contributed by atoms with Gasteiger partial charge in [-0.3, -0.25) is 0 Å². The van der Waals surface area contributed by atoms with Crippen molar-refractivity contribution >= 4 is 0 Å². The zero-order valence-electron chi connectivity index (χ0n) is 11.8. The van der Waals surface area contributed by atoms with Crippen LogP contribution in [0.5, 0.6) is 0 Å². The van der Waals surface area contributed by atoms with Crippen molar-refractivity contribution in [1.82, 2.24) is 0 Å². The van der Waals surface area contributed by atoms with E-state index in [4.69, 9.17) is 5.26 Å². The molecule has 2 nitrogen and oxygen atoms in total. The van der Waals surface area contributed by atoms with Crippen molar-refractivity contribution in [2.24, 2.45) is 23.7 Å². The quantitative estimate of drug-likeness (QED) is 0.557. The number of aliphatic hydroxyl groups excluding tert-OH is 1. The number of unbranched alkanes of at least 4 members (excludes halogenated alkanes) is 2. The maximum Gasteiger partial charge on any atom is 0.0721 e. The number of fused-ring (bicyclic) bond motifs is 2. The molecule has 3 unspecified atom stereocenters. The minimum Gasteiger partial charge on any atom is -0.389 e. The standard InChI is InChI=1S/C17H25NO/c1-2-3-4-5-15(19)8-9-16-13-6-7-14(12-13)17(16)10-11-18/h6-9,13-17,19H,2-5,10,12H2,1H3/t13-,14-,15?,16?,17?/m0/s1. The van der Waals surface area contributed by atoms with E-state index >= 15 is 0 Å². The highest BCUT2D eigenvalue weighted by atomic mass is 16.3. The molecule has 2 rings (SSSR count). The third-order valence-electron chi connectivity index (χ3n) is 4.67. The summed E-state index contributed by atoms with van der Waals surface area (Å²) in [5.41, 5.74) is 0. The zero-order valence-corrected chi connectivity index (χ0v) is 11.8. The fourth-order valence-electron chi connectivity index (χ4n) is 3.60. The van der Waals surface area contributed by atoms with Gasteiger partial charge in [-0.2, -0.15) is 5.26 Å². The van der Waals surface area contributed by atoms with Gasteiger partial charge in [-0.15, -0.1) is 0 Å². The summed E-state index contributed by atoms with van der Waals surface area (Å²) in [7, 11) is 0. The van der Waals surface area contributed by atoms with Gasteiger partial charge in [0.15, 0.2) is 0 Å². The Morgan fingerprint density at radius 2 is 2.16 bits per heavy atom. The Kier molecular flexibility index (Phi) is 5.22. The van der Waals surface area contributed by atoms with Gasteiger partial charge in [0, 0.05) is 6.42 Å². The van der Waals surface area contributed by atoms with Crippen molar-refractivity contribution in [3.8, 4) is 6.07 Å². The summed E-state index contributed by atoms with van der Waals surface area (Å²) < 4.78 is 0. The molecule has 0 spiro atoms. The lowest BCUT2D eigenvalue weighted by Gasteiger charge is -2.23. The number of aliphatic hydroxyl groups is 1. The number of rotatable bonds is 7. The maximum atomic E-state index is 9.95. The van der Waals surface area contributed by atoms with Gasteiger partial charge in [0.05, 0.1) is 12.2 Å². The minimum absolute atomic E-state index is 0.308. The molecule has 1 saturated carbocycles. The number of nitrogens with zero attached hydrogens (tertiary/aromatic N) is 1. The molecule has 0 amide bonds. The second-order valence-corrected chi connectivity index (χ2v) is 6.00. The molecule has 0 aromatic heterocycles. The van der Waals surface area contributed by atoms with Gasteiger partial charge in [0.25, 0.3) is 0 Å². The minimum atomic E-state index is -0.308. The lowest BCUT2D eigenvalue weighted by molar-refractivity contribution is 0.206. The van der Waals surface area contributed by atoms with E-state index in [1.54, 1.807) is 0 Å². The smallest absolute Gasteiger partial charge is 0.0721 e. The van der Waals surface area contributed by atoms with Crippen LogP contribution >= 0.6 is 0 Å². The van der Waals surface area contributed by atoms with Crippen LogP contribution in [0.3, 0.4) is 0 Å². The Morgan fingerprint density at radius 1 is 1.37 bits per heavy atom. The first-order valence-corrected chi connectivity index (χ1v) is 7.68. The fourth-order valence-corrected chi connectivity index (χ4v) is 3.60. The van der Waals surface area contributed by atoms with Gasteiger partial charge in [-0.05, 0) is 36.5 Å². The summed E-state index contributed by atoms with van der Waals surface area (Å²) in [5.74, 6) is 2.13. The van der Waals surface area contributed by atoms with E-state index in [9.17, 15) is 5.11 Å². The Hall–Kier alpha value is -1.07. The summed E-state index contributed by atoms with van der Waals surface area (Å²) in [6, 6.07) is 2.32. The maximum absolute atomic E-state index is 9.95. The molecule has 19 heavy (non-hydrogen) atoms.